The van der Waals surface area contributed by atoms with Crippen LogP contribution < -0.4 is 0 Å². The molecular formula is C25H34O7. The van der Waals surface area contributed by atoms with Crippen LogP contribution in [-0.4, -0.2) is 52.4 Å². The van der Waals surface area contributed by atoms with Gasteiger partial charge in [-0.05, 0) is 74.7 Å². The van der Waals surface area contributed by atoms with Gasteiger partial charge in [0, 0.05) is 24.8 Å². The van der Waals surface area contributed by atoms with Crippen LogP contribution in [-0.2, 0) is 23.9 Å². The summed E-state index contributed by atoms with van der Waals surface area (Å²) in [6, 6.07) is 0. The fourth-order valence-corrected chi connectivity index (χ4v) is 8.65. The predicted octanol–water partition coefficient (Wildman–Crippen LogP) is 2.47. The second kappa shape index (κ2) is 7.13. The molecule has 176 valence electrons. The Bertz CT molecular complexity index is 882. The van der Waals surface area contributed by atoms with Gasteiger partial charge in [-0.3, -0.25) is 4.79 Å². The molecule has 2 N–H and O–H groups in total. The van der Waals surface area contributed by atoms with Crippen molar-refractivity contribution in [2.24, 2.45) is 28.6 Å². The van der Waals surface area contributed by atoms with Crippen molar-refractivity contribution >= 4 is 18.2 Å². The Kier molecular flexibility index (Phi) is 4.92. The second-order valence-corrected chi connectivity index (χ2v) is 11.2. The van der Waals surface area contributed by atoms with Gasteiger partial charge in [0.15, 0.2) is 0 Å². The van der Waals surface area contributed by atoms with Crippen LogP contribution in [0.25, 0.3) is 0 Å². The number of ether oxygens (including phenoxy) is 2. The first kappa shape index (κ1) is 22.1. The second-order valence-electron chi connectivity index (χ2n) is 11.2. The van der Waals surface area contributed by atoms with Crippen LogP contribution in [0.5, 0.6) is 0 Å². The van der Waals surface area contributed by atoms with E-state index in [1.54, 1.807) is 6.08 Å². The summed E-state index contributed by atoms with van der Waals surface area (Å²) < 4.78 is 10.6. The molecule has 0 saturated heterocycles. The number of aliphatic hydroxyl groups is 2. The van der Waals surface area contributed by atoms with Crippen LogP contribution in [0.15, 0.2) is 11.6 Å². The van der Waals surface area contributed by atoms with Gasteiger partial charge in [-0.2, -0.15) is 0 Å². The van der Waals surface area contributed by atoms with E-state index < -0.39 is 16.6 Å². The molecule has 7 nitrogen and oxygen atoms in total. The van der Waals surface area contributed by atoms with Crippen molar-refractivity contribution in [3.8, 4) is 0 Å². The van der Waals surface area contributed by atoms with Crippen LogP contribution in [0, 0.1) is 28.6 Å². The Labute approximate surface area is 188 Å². The van der Waals surface area contributed by atoms with E-state index in [9.17, 15) is 24.6 Å². The molecule has 0 aromatic heterocycles. The van der Waals surface area contributed by atoms with Crippen molar-refractivity contribution < 1.29 is 34.1 Å². The zero-order valence-electron chi connectivity index (χ0n) is 19.0. The minimum atomic E-state index is -1.22. The standard InChI is InChI=1S/C25H34O7/c1-15(27)32-17-3-8-23(14-26)19-4-7-22(2)18(16-11-21(28)31-13-16)6-10-25(22,30)20(19)5-9-24(23,29)12-17/h11,14,17-20,29-30H,3-10,12-13H2,1-2H3/t17-,18+,19-,20+,22+,23-,24+,25-/m0/s1. The lowest BCUT2D eigenvalue weighted by Gasteiger charge is -2.65. The summed E-state index contributed by atoms with van der Waals surface area (Å²) in [4.78, 5) is 35.8. The third-order valence-corrected chi connectivity index (χ3v) is 10.2. The lowest BCUT2D eigenvalue weighted by molar-refractivity contribution is -0.249. The van der Waals surface area contributed by atoms with E-state index in [1.807, 2.05) is 0 Å². The Morgan fingerprint density at radius 2 is 1.88 bits per heavy atom. The van der Waals surface area contributed by atoms with E-state index in [2.05, 4.69) is 6.92 Å². The first-order valence-corrected chi connectivity index (χ1v) is 12.0. The Morgan fingerprint density at radius 3 is 2.53 bits per heavy atom. The molecule has 4 aliphatic carbocycles. The molecule has 4 fully saturated rings. The minimum absolute atomic E-state index is 0.0828. The molecule has 0 aromatic carbocycles. The first-order valence-electron chi connectivity index (χ1n) is 12.0. The molecule has 0 radical (unpaired) electrons. The van der Waals surface area contributed by atoms with E-state index in [4.69, 9.17) is 9.47 Å². The Hall–Kier alpha value is -1.73. The van der Waals surface area contributed by atoms with Gasteiger partial charge in [-0.25, -0.2) is 4.79 Å². The van der Waals surface area contributed by atoms with E-state index in [0.29, 0.717) is 38.7 Å². The highest BCUT2D eigenvalue weighted by Gasteiger charge is 2.71. The fraction of sp³-hybridized carbons (Fsp3) is 0.800. The van der Waals surface area contributed by atoms with Crippen molar-refractivity contribution in [3.63, 3.8) is 0 Å². The highest BCUT2D eigenvalue weighted by Crippen LogP contribution is 2.70. The Balaban J connectivity index is 1.46. The number of esters is 2. The lowest BCUT2D eigenvalue weighted by Crippen LogP contribution is -2.69. The van der Waals surface area contributed by atoms with E-state index >= 15 is 0 Å². The summed E-state index contributed by atoms with van der Waals surface area (Å²) in [6.45, 7) is 3.81. The van der Waals surface area contributed by atoms with Crippen molar-refractivity contribution in [3.05, 3.63) is 11.6 Å². The Morgan fingerprint density at radius 1 is 1.12 bits per heavy atom. The number of rotatable bonds is 3. The maximum Gasteiger partial charge on any atom is 0.331 e. The third kappa shape index (κ3) is 2.76. The summed E-state index contributed by atoms with van der Waals surface area (Å²) in [5.41, 5.74) is -2.50. The van der Waals surface area contributed by atoms with Gasteiger partial charge in [-0.1, -0.05) is 6.92 Å². The van der Waals surface area contributed by atoms with Crippen LogP contribution in [0.1, 0.15) is 71.6 Å². The molecule has 8 atom stereocenters. The number of hydrogen-bond acceptors (Lipinski definition) is 7. The summed E-state index contributed by atoms with van der Waals surface area (Å²) in [5, 5.41) is 23.9. The summed E-state index contributed by atoms with van der Waals surface area (Å²) >= 11 is 0. The predicted molar refractivity (Wildman–Crippen MR) is 113 cm³/mol. The van der Waals surface area contributed by atoms with Crippen molar-refractivity contribution in [1.82, 2.24) is 0 Å². The fourth-order valence-electron chi connectivity index (χ4n) is 8.65. The summed E-state index contributed by atoms with van der Waals surface area (Å²) in [7, 11) is 0. The number of hydrogen-bond donors (Lipinski definition) is 2. The van der Waals surface area contributed by atoms with Crippen LogP contribution in [0.2, 0.25) is 0 Å². The average Bonchev–Trinajstić information content (AvgIpc) is 3.27. The molecule has 0 spiro atoms. The third-order valence-electron chi connectivity index (χ3n) is 10.2. The van der Waals surface area contributed by atoms with Gasteiger partial charge in [-0.15, -0.1) is 0 Å². The van der Waals surface area contributed by atoms with Gasteiger partial charge < -0.3 is 24.5 Å². The van der Waals surface area contributed by atoms with Gasteiger partial charge in [0.05, 0.1) is 16.6 Å². The molecule has 0 aromatic rings. The SMILES string of the molecule is CC(=O)O[C@H]1CC[C@]2(C=O)[C@H]3CC[C@]4(C)[C@@H](C5=CC(=O)OC5)CC[C@]4(O)[C@@H]3CC[C@@]2(O)C1. The van der Waals surface area contributed by atoms with Crippen molar-refractivity contribution in [1.29, 1.82) is 0 Å². The maximum atomic E-state index is 12.7. The minimum Gasteiger partial charge on any atom is -0.462 e. The molecule has 7 heteroatoms. The molecule has 0 amide bonds. The molecule has 32 heavy (non-hydrogen) atoms. The van der Waals surface area contributed by atoms with E-state index in [1.165, 1.54) is 6.92 Å². The van der Waals surface area contributed by atoms with E-state index in [-0.39, 0.29) is 47.6 Å². The molecule has 5 aliphatic rings. The largest absolute Gasteiger partial charge is 0.462 e. The molecule has 4 saturated carbocycles. The van der Waals surface area contributed by atoms with E-state index in [0.717, 1.165) is 31.1 Å². The normalized spacial score (nSPS) is 49.9. The van der Waals surface area contributed by atoms with Crippen molar-refractivity contribution in [2.75, 3.05) is 6.61 Å². The molecule has 0 bridgehead atoms. The number of aldehydes is 1. The molecule has 1 heterocycles. The zero-order valence-corrected chi connectivity index (χ0v) is 19.0. The van der Waals surface area contributed by atoms with Crippen molar-refractivity contribution in [2.45, 2.75) is 88.9 Å². The topological polar surface area (TPSA) is 110 Å². The number of carbonyl (C=O) groups is 3. The van der Waals surface area contributed by atoms with Crippen LogP contribution in [0.3, 0.4) is 0 Å². The number of fused-ring (bicyclic) bond motifs is 5. The monoisotopic (exact) mass is 446 g/mol. The van der Waals surface area contributed by atoms with Crippen LogP contribution in [0.4, 0.5) is 0 Å². The highest BCUT2D eigenvalue weighted by molar-refractivity contribution is 5.85. The van der Waals surface area contributed by atoms with Gasteiger partial charge in [0.25, 0.3) is 0 Å². The van der Waals surface area contributed by atoms with Gasteiger partial charge >= 0.3 is 11.9 Å². The summed E-state index contributed by atoms with van der Waals surface area (Å²) in [6.07, 6.45) is 7.44. The molecule has 5 rings (SSSR count). The summed E-state index contributed by atoms with van der Waals surface area (Å²) in [5.74, 6) is -0.772. The van der Waals surface area contributed by atoms with Gasteiger partial charge in [0.2, 0.25) is 0 Å². The number of carbonyl (C=O) groups excluding carboxylic acids is 3. The number of cyclic esters (lactones) is 1. The maximum absolute atomic E-state index is 12.7. The molecule has 1 aliphatic heterocycles. The molecular weight excluding hydrogens is 412 g/mol. The zero-order chi connectivity index (χ0) is 22.9. The first-order chi connectivity index (χ1) is 15.1. The van der Waals surface area contributed by atoms with Gasteiger partial charge in [0.1, 0.15) is 19.0 Å². The highest BCUT2D eigenvalue weighted by atomic mass is 16.5. The van der Waals surface area contributed by atoms with Crippen LogP contribution >= 0.6 is 0 Å². The molecule has 0 unspecified atom stereocenters. The average molecular weight is 447 g/mol. The lowest BCUT2D eigenvalue weighted by atomic mass is 9.41. The quantitative estimate of drug-likeness (QED) is 0.506. The smallest absolute Gasteiger partial charge is 0.331 e.